The van der Waals surface area contributed by atoms with Crippen LogP contribution in [-0.4, -0.2) is 23.0 Å². The lowest BCUT2D eigenvalue weighted by Gasteiger charge is -2.42. The standard InChI is InChI=1S/C15H20ClNO2/c1-11-5-4-6-12(9-11)15(17-14(19)10-16)8-3-2-7-13(15)18/h4-6,9,13,18H,2-3,7-8,10H2,1H3,(H,17,19). The van der Waals surface area contributed by atoms with Crippen molar-refractivity contribution < 1.29 is 9.90 Å². The highest BCUT2D eigenvalue weighted by molar-refractivity contribution is 6.27. The van der Waals surface area contributed by atoms with Crippen molar-refractivity contribution in [3.05, 3.63) is 35.4 Å². The number of hydrogen-bond acceptors (Lipinski definition) is 2. The summed E-state index contributed by atoms with van der Waals surface area (Å²) < 4.78 is 0. The molecule has 1 aromatic rings. The number of carbonyl (C=O) groups excluding carboxylic acids is 1. The zero-order valence-electron chi connectivity index (χ0n) is 11.2. The molecule has 1 saturated carbocycles. The largest absolute Gasteiger partial charge is 0.390 e. The highest BCUT2D eigenvalue weighted by Gasteiger charge is 2.42. The lowest BCUT2D eigenvalue weighted by atomic mass is 9.74. The monoisotopic (exact) mass is 281 g/mol. The number of halogens is 1. The fourth-order valence-corrected chi connectivity index (χ4v) is 2.98. The van der Waals surface area contributed by atoms with Gasteiger partial charge in [-0.3, -0.25) is 4.79 Å². The van der Waals surface area contributed by atoms with E-state index in [1.165, 1.54) is 0 Å². The molecule has 4 heteroatoms. The summed E-state index contributed by atoms with van der Waals surface area (Å²) >= 11 is 5.61. The van der Waals surface area contributed by atoms with E-state index in [2.05, 4.69) is 5.32 Å². The highest BCUT2D eigenvalue weighted by Crippen LogP contribution is 2.37. The molecule has 0 radical (unpaired) electrons. The fraction of sp³-hybridized carbons (Fsp3) is 0.533. The molecule has 19 heavy (non-hydrogen) atoms. The Bertz CT molecular complexity index is 463. The molecule has 2 atom stereocenters. The number of benzene rings is 1. The SMILES string of the molecule is Cc1cccc(C2(NC(=O)CCl)CCCCC2O)c1. The number of nitrogens with one attached hydrogen (secondary N) is 1. The van der Waals surface area contributed by atoms with E-state index >= 15 is 0 Å². The molecule has 0 aromatic heterocycles. The predicted octanol–water partition coefficient (Wildman–Crippen LogP) is 2.48. The molecule has 0 heterocycles. The van der Waals surface area contributed by atoms with Crippen molar-refractivity contribution in [2.75, 3.05) is 5.88 Å². The Morgan fingerprint density at radius 2 is 2.32 bits per heavy atom. The van der Waals surface area contributed by atoms with Crippen LogP contribution in [0, 0.1) is 6.92 Å². The average Bonchev–Trinajstić information content (AvgIpc) is 2.41. The van der Waals surface area contributed by atoms with Crippen LogP contribution in [0.25, 0.3) is 0 Å². The van der Waals surface area contributed by atoms with Gasteiger partial charge in [0, 0.05) is 0 Å². The molecule has 0 spiro atoms. The van der Waals surface area contributed by atoms with Gasteiger partial charge in [-0.25, -0.2) is 0 Å². The van der Waals surface area contributed by atoms with E-state index in [1.54, 1.807) is 0 Å². The molecule has 3 nitrogen and oxygen atoms in total. The van der Waals surface area contributed by atoms with Gasteiger partial charge in [-0.2, -0.15) is 0 Å². The summed E-state index contributed by atoms with van der Waals surface area (Å²) in [6, 6.07) is 7.97. The van der Waals surface area contributed by atoms with Gasteiger partial charge in [-0.1, -0.05) is 42.7 Å². The second-order valence-corrected chi connectivity index (χ2v) is 5.55. The number of hydrogen-bond donors (Lipinski definition) is 2. The molecule has 1 aliphatic rings. The van der Waals surface area contributed by atoms with Crippen LogP contribution in [0.5, 0.6) is 0 Å². The van der Waals surface area contributed by atoms with Gasteiger partial charge >= 0.3 is 0 Å². The van der Waals surface area contributed by atoms with Crippen molar-refractivity contribution in [1.82, 2.24) is 5.32 Å². The van der Waals surface area contributed by atoms with Gasteiger partial charge in [0.1, 0.15) is 5.88 Å². The maximum atomic E-state index is 11.7. The summed E-state index contributed by atoms with van der Waals surface area (Å²) in [7, 11) is 0. The normalized spacial score (nSPS) is 27.0. The van der Waals surface area contributed by atoms with E-state index in [0.29, 0.717) is 6.42 Å². The third-order valence-electron chi connectivity index (χ3n) is 3.88. The molecule has 2 rings (SSSR count). The lowest BCUT2D eigenvalue weighted by molar-refractivity contribution is -0.123. The van der Waals surface area contributed by atoms with E-state index in [9.17, 15) is 9.90 Å². The summed E-state index contributed by atoms with van der Waals surface area (Å²) in [5, 5.41) is 13.4. The fourth-order valence-electron chi connectivity index (χ4n) is 2.91. The molecule has 1 aromatic carbocycles. The van der Waals surface area contributed by atoms with E-state index in [0.717, 1.165) is 30.4 Å². The third-order valence-corrected chi connectivity index (χ3v) is 4.13. The van der Waals surface area contributed by atoms with Crippen molar-refractivity contribution in [3.8, 4) is 0 Å². The maximum Gasteiger partial charge on any atom is 0.235 e. The highest BCUT2D eigenvalue weighted by atomic mass is 35.5. The first-order valence-corrected chi connectivity index (χ1v) is 7.24. The molecule has 1 amide bonds. The summed E-state index contributed by atoms with van der Waals surface area (Å²) in [6.45, 7) is 2.01. The number of aryl methyl sites for hydroxylation is 1. The maximum absolute atomic E-state index is 11.7. The predicted molar refractivity (Wildman–Crippen MR) is 76.2 cm³/mol. The van der Waals surface area contributed by atoms with Gasteiger partial charge in [0.25, 0.3) is 0 Å². The number of aliphatic hydroxyl groups excluding tert-OH is 1. The van der Waals surface area contributed by atoms with Crippen molar-refractivity contribution in [3.63, 3.8) is 0 Å². The average molecular weight is 282 g/mol. The molecular weight excluding hydrogens is 262 g/mol. The first-order valence-electron chi connectivity index (χ1n) is 6.70. The molecule has 0 saturated heterocycles. The van der Waals surface area contributed by atoms with E-state index in [4.69, 9.17) is 11.6 Å². The summed E-state index contributed by atoms with van der Waals surface area (Å²) in [5.41, 5.74) is 1.41. The van der Waals surface area contributed by atoms with Crippen molar-refractivity contribution >= 4 is 17.5 Å². The Morgan fingerprint density at radius 1 is 1.53 bits per heavy atom. The molecule has 1 aliphatic carbocycles. The van der Waals surface area contributed by atoms with Crippen molar-refractivity contribution in [2.24, 2.45) is 0 Å². The smallest absolute Gasteiger partial charge is 0.235 e. The van der Waals surface area contributed by atoms with Gasteiger partial charge in [0.15, 0.2) is 0 Å². The Hall–Kier alpha value is -1.06. The molecule has 2 N–H and O–H groups in total. The summed E-state index contributed by atoms with van der Waals surface area (Å²) in [6.07, 6.45) is 2.88. The number of amides is 1. The Labute approximate surface area is 119 Å². The van der Waals surface area contributed by atoms with Crippen LogP contribution in [0.3, 0.4) is 0 Å². The molecule has 0 aliphatic heterocycles. The minimum Gasteiger partial charge on any atom is -0.390 e. The number of rotatable bonds is 3. The first kappa shape index (κ1) is 14.4. The van der Waals surface area contributed by atoms with Crippen LogP contribution in [0.2, 0.25) is 0 Å². The lowest BCUT2D eigenvalue weighted by Crippen LogP contribution is -2.55. The summed E-state index contributed by atoms with van der Waals surface area (Å²) in [5.74, 6) is -0.315. The van der Waals surface area contributed by atoms with Crippen LogP contribution in [-0.2, 0) is 10.3 Å². The topological polar surface area (TPSA) is 49.3 Å². The Kier molecular flexibility index (Phi) is 4.48. The van der Waals surface area contributed by atoms with Crippen LogP contribution >= 0.6 is 11.6 Å². The van der Waals surface area contributed by atoms with E-state index in [1.807, 2.05) is 31.2 Å². The zero-order valence-corrected chi connectivity index (χ0v) is 11.9. The second kappa shape index (κ2) is 5.93. The van der Waals surface area contributed by atoms with E-state index in [-0.39, 0.29) is 11.8 Å². The minimum absolute atomic E-state index is 0.0830. The van der Waals surface area contributed by atoms with E-state index < -0.39 is 11.6 Å². The van der Waals surface area contributed by atoms with Crippen LogP contribution < -0.4 is 5.32 Å². The van der Waals surface area contributed by atoms with Crippen LogP contribution in [0.15, 0.2) is 24.3 Å². The van der Waals surface area contributed by atoms with Gasteiger partial charge in [0.2, 0.25) is 5.91 Å². The number of aliphatic hydroxyl groups is 1. The quantitative estimate of drug-likeness (QED) is 0.837. The van der Waals surface area contributed by atoms with Gasteiger partial charge < -0.3 is 10.4 Å². The third kappa shape index (κ3) is 2.93. The molecule has 0 bridgehead atoms. The second-order valence-electron chi connectivity index (χ2n) is 5.28. The van der Waals surface area contributed by atoms with Gasteiger partial charge in [0.05, 0.1) is 11.6 Å². The molecule has 104 valence electrons. The van der Waals surface area contributed by atoms with Gasteiger partial charge in [-0.15, -0.1) is 11.6 Å². The van der Waals surface area contributed by atoms with Crippen LogP contribution in [0.4, 0.5) is 0 Å². The number of carbonyl (C=O) groups is 1. The van der Waals surface area contributed by atoms with Crippen molar-refractivity contribution in [1.29, 1.82) is 0 Å². The van der Waals surface area contributed by atoms with Crippen molar-refractivity contribution in [2.45, 2.75) is 44.2 Å². The Morgan fingerprint density at radius 3 is 2.95 bits per heavy atom. The molecular formula is C15H20ClNO2. The molecule has 1 fully saturated rings. The Balaban J connectivity index is 2.40. The molecule has 2 unspecified atom stereocenters. The zero-order chi connectivity index (χ0) is 13.9. The minimum atomic E-state index is -0.684. The first-order chi connectivity index (χ1) is 9.08. The van der Waals surface area contributed by atoms with Crippen LogP contribution in [0.1, 0.15) is 36.8 Å². The number of alkyl halides is 1. The van der Waals surface area contributed by atoms with Gasteiger partial charge in [-0.05, 0) is 25.3 Å². The summed E-state index contributed by atoms with van der Waals surface area (Å²) in [4.78, 5) is 11.7.